The number of aromatic nitrogens is 6. The Labute approximate surface area is 231 Å². The first kappa shape index (κ1) is 26.3. The van der Waals surface area contributed by atoms with Crippen molar-refractivity contribution in [1.82, 2.24) is 34.0 Å². The van der Waals surface area contributed by atoms with E-state index in [9.17, 15) is 13.2 Å². The number of fused-ring (bicyclic) bond motifs is 2. The quantitative estimate of drug-likeness (QED) is 0.287. The number of imidazole rings is 1. The predicted molar refractivity (Wildman–Crippen MR) is 142 cm³/mol. The monoisotopic (exact) mass is 572 g/mol. The Morgan fingerprint density at radius 2 is 2.00 bits per heavy atom. The first-order valence-corrected chi connectivity index (χ1v) is 12.9. The molecule has 5 aromatic rings. The van der Waals surface area contributed by atoms with Gasteiger partial charge in [-0.3, -0.25) is 9.88 Å². The number of hydrogen-bond donors (Lipinski definition) is 1. The number of benzene rings is 1. The van der Waals surface area contributed by atoms with Gasteiger partial charge < -0.3 is 19.4 Å². The molecule has 40 heavy (non-hydrogen) atoms. The average molecular weight is 573 g/mol. The van der Waals surface area contributed by atoms with Crippen molar-refractivity contribution in [1.29, 1.82) is 0 Å². The average Bonchev–Trinajstić information content (AvgIpc) is 3.36. The summed E-state index contributed by atoms with van der Waals surface area (Å²) < 4.78 is 56.8. The number of halogens is 4. The van der Waals surface area contributed by atoms with Crippen LogP contribution in [0.4, 0.5) is 24.8 Å². The molecule has 208 valence electrons. The summed E-state index contributed by atoms with van der Waals surface area (Å²) in [6.45, 7) is 2.59. The first-order valence-electron chi connectivity index (χ1n) is 12.5. The summed E-state index contributed by atoms with van der Waals surface area (Å²) in [7, 11) is 1.69. The van der Waals surface area contributed by atoms with Gasteiger partial charge in [0, 0.05) is 51.4 Å². The first-order chi connectivity index (χ1) is 19.3. The van der Waals surface area contributed by atoms with Crippen LogP contribution in [0.1, 0.15) is 17.5 Å². The van der Waals surface area contributed by atoms with Gasteiger partial charge in [-0.25, -0.2) is 9.50 Å². The molecular formula is C26H24ClF3N8O2. The molecule has 0 unspecified atom stereocenters. The van der Waals surface area contributed by atoms with E-state index in [-0.39, 0.29) is 34.5 Å². The number of ether oxygens (including phenoxy) is 2. The topological polar surface area (TPSA) is 94.6 Å². The van der Waals surface area contributed by atoms with Crippen molar-refractivity contribution < 1.29 is 22.6 Å². The van der Waals surface area contributed by atoms with Crippen molar-refractivity contribution in [3.63, 3.8) is 0 Å². The largest absolute Gasteiger partial charge is 0.450 e. The lowest BCUT2D eigenvalue weighted by atomic mass is 10.0. The highest BCUT2D eigenvalue weighted by atomic mass is 35.5. The van der Waals surface area contributed by atoms with Crippen molar-refractivity contribution in [2.75, 3.05) is 31.6 Å². The molecular weight excluding hydrogens is 549 g/mol. The fourth-order valence-electron chi connectivity index (χ4n) is 4.69. The molecule has 0 amide bonds. The molecule has 0 radical (unpaired) electrons. The SMILES string of the molecule is Cn1c(Nc2ccc(CN3CCCOCC3)c(C(F)(F)F)c2)nc2ncc(Oc3cnn4ccncc34)c(Cl)c21. The van der Waals surface area contributed by atoms with E-state index in [1.807, 2.05) is 4.90 Å². The van der Waals surface area contributed by atoms with Crippen LogP contribution in [0.25, 0.3) is 16.7 Å². The lowest BCUT2D eigenvalue weighted by Gasteiger charge is -2.22. The smallest absolute Gasteiger partial charge is 0.416 e. The second-order valence-corrected chi connectivity index (χ2v) is 9.73. The molecule has 6 rings (SSSR count). The summed E-state index contributed by atoms with van der Waals surface area (Å²) in [6.07, 6.45) is 4.13. The van der Waals surface area contributed by atoms with Crippen LogP contribution in [-0.4, -0.2) is 60.3 Å². The third-order valence-corrected chi connectivity index (χ3v) is 7.06. The lowest BCUT2D eigenvalue weighted by molar-refractivity contribution is -0.138. The summed E-state index contributed by atoms with van der Waals surface area (Å²) >= 11 is 6.68. The van der Waals surface area contributed by atoms with Gasteiger partial charge in [-0.2, -0.15) is 23.3 Å². The van der Waals surface area contributed by atoms with Gasteiger partial charge in [0.2, 0.25) is 5.95 Å². The summed E-state index contributed by atoms with van der Waals surface area (Å²) in [6, 6.07) is 4.22. The molecule has 14 heteroatoms. The van der Waals surface area contributed by atoms with E-state index < -0.39 is 11.7 Å². The van der Waals surface area contributed by atoms with Gasteiger partial charge in [0.15, 0.2) is 17.1 Å². The Morgan fingerprint density at radius 1 is 1.12 bits per heavy atom. The maximum atomic E-state index is 14.1. The number of nitrogens with one attached hydrogen (secondary N) is 1. The van der Waals surface area contributed by atoms with E-state index in [1.54, 1.807) is 40.8 Å². The highest BCUT2D eigenvalue weighted by Crippen LogP contribution is 2.38. The van der Waals surface area contributed by atoms with Crippen LogP contribution in [0.2, 0.25) is 5.02 Å². The molecule has 0 spiro atoms. The second kappa shape index (κ2) is 10.6. The number of anilines is 2. The zero-order chi connectivity index (χ0) is 27.9. The zero-order valence-electron chi connectivity index (χ0n) is 21.3. The fourth-order valence-corrected chi connectivity index (χ4v) is 4.99. The molecule has 1 aliphatic heterocycles. The van der Waals surface area contributed by atoms with Gasteiger partial charge >= 0.3 is 6.18 Å². The van der Waals surface area contributed by atoms with Crippen molar-refractivity contribution in [2.45, 2.75) is 19.1 Å². The van der Waals surface area contributed by atoms with Crippen molar-refractivity contribution in [3.8, 4) is 11.5 Å². The maximum absolute atomic E-state index is 14.1. The number of alkyl halides is 3. The van der Waals surface area contributed by atoms with Gasteiger partial charge in [-0.15, -0.1) is 0 Å². The molecule has 1 aromatic carbocycles. The van der Waals surface area contributed by atoms with Crippen molar-refractivity contribution >= 4 is 39.9 Å². The van der Waals surface area contributed by atoms with E-state index >= 15 is 0 Å². The minimum absolute atomic E-state index is 0.190. The summed E-state index contributed by atoms with van der Waals surface area (Å²) in [4.78, 5) is 14.9. The molecule has 0 bridgehead atoms. The van der Waals surface area contributed by atoms with E-state index in [2.05, 4.69) is 25.4 Å². The van der Waals surface area contributed by atoms with Crippen LogP contribution >= 0.6 is 11.6 Å². The van der Waals surface area contributed by atoms with Crippen LogP contribution in [-0.2, 0) is 24.5 Å². The van der Waals surface area contributed by atoms with E-state index in [1.165, 1.54) is 18.5 Å². The van der Waals surface area contributed by atoms with E-state index in [4.69, 9.17) is 21.1 Å². The molecule has 0 aliphatic carbocycles. The van der Waals surface area contributed by atoms with Gasteiger partial charge in [-0.1, -0.05) is 17.7 Å². The molecule has 10 nitrogen and oxygen atoms in total. The molecule has 1 aliphatic rings. The minimum Gasteiger partial charge on any atom is -0.450 e. The lowest BCUT2D eigenvalue weighted by Crippen LogP contribution is -2.27. The summed E-state index contributed by atoms with van der Waals surface area (Å²) in [5.74, 6) is 0.974. The van der Waals surface area contributed by atoms with Crippen LogP contribution < -0.4 is 10.1 Å². The number of pyridine rings is 1. The number of hydrogen-bond acceptors (Lipinski definition) is 8. The van der Waals surface area contributed by atoms with Gasteiger partial charge in [0.1, 0.15) is 16.1 Å². The molecule has 1 fully saturated rings. The highest BCUT2D eigenvalue weighted by molar-refractivity contribution is 6.36. The Kier molecular flexibility index (Phi) is 6.94. The Balaban J connectivity index is 1.28. The summed E-state index contributed by atoms with van der Waals surface area (Å²) in [5.41, 5.74) is 1.14. The summed E-state index contributed by atoms with van der Waals surface area (Å²) in [5, 5.41) is 7.44. The van der Waals surface area contributed by atoms with Gasteiger partial charge in [0.25, 0.3) is 0 Å². The molecule has 4 aromatic heterocycles. The maximum Gasteiger partial charge on any atom is 0.416 e. The Hall–Kier alpha value is -3.94. The van der Waals surface area contributed by atoms with E-state index in [0.29, 0.717) is 48.7 Å². The van der Waals surface area contributed by atoms with Crippen molar-refractivity contribution in [2.24, 2.45) is 7.05 Å². The Morgan fingerprint density at radius 3 is 2.85 bits per heavy atom. The molecule has 0 atom stereocenters. The van der Waals surface area contributed by atoms with Crippen molar-refractivity contribution in [3.05, 3.63) is 65.3 Å². The van der Waals surface area contributed by atoms with Crippen LogP contribution in [0, 0.1) is 0 Å². The number of nitrogens with zero attached hydrogens (tertiary/aromatic N) is 7. The predicted octanol–water partition coefficient (Wildman–Crippen LogP) is 5.44. The normalized spacial score (nSPS) is 15.0. The standard InChI is InChI=1S/C26H24ClF3N8O2/c1-36-23-22(27)21(40-20-14-33-38-7-5-31-12-19(20)38)13-32-24(23)35-25(36)34-17-4-3-16(18(11-17)26(28,29)30)15-37-6-2-9-39-10-8-37/h3-5,7,11-14H,2,6,8-10,15H2,1H3,(H,32,34,35). The third-order valence-electron chi connectivity index (χ3n) is 6.69. The second-order valence-electron chi connectivity index (χ2n) is 9.36. The zero-order valence-corrected chi connectivity index (χ0v) is 22.1. The minimum atomic E-state index is -4.52. The third kappa shape index (κ3) is 5.15. The Bertz CT molecular complexity index is 1680. The number of rotatable bonds is 6. The molecule has 0 saturated carbocycles. The van der Waals surface area contributed by atoms with Gasteiger partial charge in [0.05, 0.1) is 30.8 Å². The van der Waals surface area contributed by atoms with Crippen LogP contribution in [0.5, 0.6) is 11.5 Å². The van der Waals surface area contributed by atoms with Crippen LogP contribution in [0.3, 0.4) is 0 Å². The van der Waals surface area contributed by atoms with Crippen LogP contribution in [0.15, 0.2) is 49.2 Å². The highest BCUT2D eigenvalue weighted by Gasteiger charge is 2.34. The number of aryl methyl sites for hydroxylation is 1. The molecule has 5 heterocycles. The fraction of sp³-hybridized carbons (Fsp3) is 0.308. The molecule has 1 saturated heterocycles. The van der Waals surface area contributed by atoms with Gasteiger partial charge in [-0.05, 0) is 24.1 Å². The van der Waals surface area contributed by atoms with E-state index in [0.717, 1.165) is 12.5 Å². The molecule has 1 N–H and O–H groups in total.